The van der Waals surface area contributed by atoms with E-state index >= 15 is 0 Å². The number of hydrogen-bond donors (Lipinski definition) is 1. The lowest BCUT2D eigenvalue weighted by Crippen LogP contribution is -2.34. The summed E-state index contributed by atoms with van der Waals surface area (Å²) in [6.07, 6.45) is 1.76. The molecule has 1 N–H and O–H groups in total. The fraction of sp³-hybridized carbons (Fsp3) is 0.364. The lowest BCUT2D eigenvalue weighted by atomic mass is 10.1. The number of rotatable bonds is 6. The molecule has 31 heavy (non-hydrogen) atoms. The number of likely N-dealkylation sites (N-methyl/N-ethyl adjacent to an activating group) is 1. The average Bonchev–Trinajstić information content (AvgIpc) is 3.41. The summed E-state index contributed by atoms with van der Waals surface area (Å²) in [6.45, 7) is 5.00. The Hall–Kier alpha value is -2.33. The number of amides is 1. The zero-order valence-corrected chi connectivity index (χ0v) is 19.3. The topological polar surface area (TPSA) is 88.6 Å². The van der Waals surface area contributed by atoms with Crippen LogP contribution in [0, 0.1) is 13.8 Å². The molecule has 0 bridgehead atoms. The smallest absolute Gasteiger partial charge is 0.257 e. The predicted octanol–water partition coefficient (Wildman–Crippen LogP) is 3.96. The van der Waals surface area contributed by atoms with Crippen molar-refractivity contribution in [1.29, 1.82) is 0 Å². The molecule has 0 aliphatic carbocycles. The second-order valence-corrected chi connectivity index (χ2v) is 10.8. The second-order valence-electron chi connectivity index (χ2n) is 7.80. The first-order valence-corrected chi connectivity index (χ1v) is 12.4. The van der Waals surface area contributed by atoms with Gasteiger partial charge < -0.3 is 4.74 Å². The number of fused-ring (bicyclic) bond motifs is 1. The van der Waals surface area contributed by atoms with Gasteiger partial charge in [0.25, 0.3) is 5.91 Å². The summed E-state index contributed by atoms with van der Waals surface area (Å²) in [6, 6.07) is 10.0. The summed E-state index contributed by atoms with van der Waals surface area (Å²) in [5, 5.41) is 3.34. The number of aryl methyl sites for hydroxylation is 2. The molecule has 1 amide bonds. The third-order valence-corrected chi connectivity index (χ3v) is 8.42. The number of anilines is 1. The summed E-state index contributed by atoms with van der Waals surface area (Å²) in [5.41, 5.74) is 3.42. The largest absolute Gasteiger partial charge is 0.377 e. The Balaban J connectivity index is 1.48. The Morgan fingerprint density at radius 3 is 2.55 bits per heavy atom. The number of aromatic nitrogens is 1. The van der Waals surface area contributed by atoms with Crippen molar-refractivity contribution < 1.29 is 17.9 Å². The highest BCUT2D eigenvalue weighted by molar-refractivity contribution is 7.89. The highest BCUT2D eigenvalue weighted by Crippen LogP contribution is 2.31. The van der Waals surface area contributed by atoms with Crippen LogP contribution < -0.4 is 5.32 Å². The van der Waals surface area contributed by atoms with Crippen LogP contribution in [-0.2, 0) is 14.8 Å². The van der Waals surface area contributed by atoms with Crippen molar-refractivity contribution >= 4 is 42.6 Å². The van der Waals surface area contributed by atoms with Gasteiger partial charge in [0.15, 0.2) is 5.13 Å². The molecule has 1 aromatic heterocycles. The first-order chi connectivity index (χ1) is 14.8. The fourth-order valence-corrected chi connectivity index (χ4v) is 5.82. The van der Waals surface area contributed by atoms with E-state index in [0.29, 0.717) is 23.8 Å². The van der Waals surface area contributed by atoms with Crippen LogP contribution in [0.3, 0.4) is 0 Å². The quantitative estimate of drug-likeness (QED) is 0.603. The Morgan fingerprint density at radius 1 is 1.19 bits per heavy atom. The molecule has 0 saturated carbocycles. The summed E-state index contributed by atoms with van der Waals surface area (Å²) in [4.78, 5) is 17.4. The normalized spacial score (nSPS) is 16.8. The van der Waals surface area contributed by atoms with Gasteiger partial charge in [-0.05, 0) is 62.1 Å². The number of sulfonamides is 1. The maximum absolute atomic E-state index is 12.8. The van der Waals surface area contributed by atoms with Crippen LogP contribution in [0.4, 0.5) is 5.13 Å². The molecule has 1 atom stereocenters. The van der Waals surface area contributed by atoms with Gasteiger partial charge in [0.1, 0.15) is 0 Å². The van der Waals surface area contributed by atoms with Crippen LogP contribution in [-0.4, -0.2) is 49.9 Å². The van der Waals surface area contributed by atoms with Gasteiger partial charge >= 0.3 is 0 Å². The van der Waals surface area contributed by atoms with Gasteiger partial charge in [-0.1, -0.05) is 23.5 Å². The van der Waals surface area contributed by atoms with Crippen LogP contribution in [0.2, 0.25) is 0 Å². The summed E-state index contributed by atoms with van der Waals surface area (Å²) >= 11 is 1.43. The number of carbonyl (C=O) groups is 1. The molecule has 1 saturated heterocycles. The Kier molecular flexibility index (Phi) is 6.11. The van der Waals surface area contributed by atoms with Crippen molar-refractivity contribution in [2.24, 2.45) is 0 Å². The number of benzene rings is 2. The second kappa shape index (κ2) is 8.66. The predicted molar refractivity (Wildman–Crippen MR) is 122 cm³/mol. The van der Waals surface area contributed by atoms with E-state index in [1.54, 1.807) is 7.05 Å². The standard InChI is InChI=1S/C22H25N3O4S2/c1-14-6-7-15(2)20-19(14)23-22(30-20)24-21(26)16-8-10-18(11-9-16)31(27,28)25(3)13-17-5-4-12-29-17/h6-11,17H,4-5,12-13H2,1-3H3,(H,23,24,26). The van der Waals surface area contributed by atoms with Gasteiger partial charge in [0.05, 0.1) is 21.2 Å². The van der Waals surface area contributed by atoms with E-state index in [1.165, 1.54) is 39.9 Å². The third kappa shape index (κ3) is 4.50. The van der Waals surface area contributed by atoms with Gasteiger partial charge in [-0.25, -0.2) is 13.4 Å². The Morgan fingerprint density at radius 2 is 1.90 bits per heavy atom. The number of nitrogens with one attached hydrogen (secondary N) is 1. The van der Waals surface area contributed by atoms with Crippen LogP contribution in [0.15, 0.2) is 41.3 Å². The molecule has 2 aromatic carbocycles. The minimum Gasteiger partial charge on any atom is -0.377 e. The fourth-order valence-electron chi connectivity index (χ4n) is 3.61. The molecular formula is C22H25N3O4S2. The van der Waals surface area contributed by atoms with Crippen LogP contribution >= 0.6 is 11.3 Å². The number of nitrogens with zero attached hydrogens (tertiary/aromatic N) is 2. The van der Waals surface area contributed by atoms with E-state index in [0.717, 1.165) is 34.2 Å². The van der Waals surface area contributed by atoms with Crippen LogP contribution in [0.5, 0.6) is 0 Å². The van der Waals surface area contributed by atoms with Crippen LogP contribution in [0.1, 0.15) is 34.3 Å². The molecule has 2 heterocycles. The molecule has 0 radical (unpaired) electrons. The first-order valence-electron chi connectivity index (χ1n) is 10.1. The number of ether oxygens (including phenoxy) is 1. The van der Waals surface area contributed by atoms with E-state index in [4.69, 9.17) is 4.74 Å². The molecule has 3 aromatic rings. The minimum atomic E-state index is -3.64. The van der Waals surface area contributed by atoms with Gasteiger partial charge in [-0.2, -0.15) is 4.31 Å². The molecule has 1 aliphatic heterocycles. The Bertz CT molecular complexity index is 1170. The molecule has 164 valence electrons. The van der Waals surface area contributed by atoms with Crippen molar-refractivity contribution in [3.8, 4) is 0 Å². The van der Waals surface area contributed by atoms with Crippen LogP contribution in [0.25, 0.3) is 10.2 Å². The van der Waals surface area contributed by atoms with Crippen molar-refractivity contribution in [3.63, 3.8) is 0 Å². The molecule has 1 aliphatic rings. The zero-order chi connectivity index (χ0) is 22.2. The highest BCUT2D eigenvalue weighted by Gasteiger charge is 2.26. The maximum Gasteiger partial charge on any atom is 0.257 e. The van der Waals surface area contributed by atoms with Gasteiger partial charge in [-0.15, -0.1) is 0 Å². The molecule has 0 spiro atoms. The van der Waals surface area contributed by atoms with Gasteiger partial charge in [-0.3, -0.25) is 10.1 Å². The van der Waals surface area contributed by atoms with Gasteiger partial charge in [0, 0.05) is 25.8 Å². The van der Waals surface area contributed by atoms with Crippen molar-refractivity contribution in [1.82, 2.24) is 9.29 Å². The summed E-state index contributed by atoms with van der Waals surface area (Å²) in [5.74, 6) is -0.328. The third-order valence-electron chi connectivity index (χ3n) is 5.47. The zero-order valence-electron chi connectivity index (χ0n) is 17.7. The first kappa shape index (κ1) is 21.9. The van der Waals surface area contributed by atoms with E-state index in [1.807, 2.05) is 26.0 Å². The molecule has 1 unspecified atom stereocenters. The van der Waals surface area contributed by atoms with E-state index < -0.39 is 10.0 Å². The number of carbonyl (C=O) groups excluding carboxylic acids is 1. The molecule has 9 heteroatoms. The van der Waals surface area contributed by atoms with E-state index in [9.17, 15) is 13.2 Å². The SMILES string of the molecule is Cc1ccc(C)c2sc(NC(=O)c3ccc(S(=O)(=O)N(C)CC4CCCO4)cc3)nc12. The van der Waals surface area contributed by atoms with E-state index in [2.05, 4.69) is 10.3 Å². The monoisotopic (exact) mass is 459 g/mol. The Labute approximate surface area is 186 Å². The molecular weight excluding hydrogens is 434 g/mol. The van der Waals surface area contributed by atoms with Crippen molar-refractivity contribution in [2.75, 3.05) is 25.5 Å². The number of hydrogen-bond acceptors (Lipinski definition) is 6. The number of thiazole rings is 1. The molecule has 7 nitrogen and oxygen atoms in total. The summed E-state index contributed by atoms with van der Waals surface area (Å²) < 4.78 is 33.5. The highest BCUT2D eigenvalue weighted by atomic mass is 32.2. The van der Waals surface area contributed by atoms with Crippen molar-refractivity contribution in [2.45, 2.75) is 37.7 Å². The van der Waals surface area contributed by atoms with Gasteiger partial charge in [0.2, 0.25) is 10.0 Å². The molecule has 4 rings (SSSR count). The minimum absolute atomic E-state index is 0.0640. The summed E-state index contributed by atoms with van der Waals surface area (Å²) in [7, 11) is -2.09. The van der Waals surface area contributed by atoms with E-state index in [-0.39, 0.29) is 16.9 Å². The molecule has 1 fully saturated rings. The van der Waals surface area contributed by atoms with Crippen molar-refractivity contribution in [3.05, 3.63) is 53.1 Å². The maximum atomic E-state index is 12.8. The lowest BCUT2D eigenvalue weighted by Gasteiger charge is -2.20. The lowest BCUT2D eigenvalue weighted by molar-refractivity contribution is 0.0979. The average molecular weight is 460 g/mol.